The molecular formula is C21H33F5OS. The van der Waals surface area contributed by atoms with Gasteiger partial charge in [-0.15, -0.1) is 0 Å². The summed E-state index contributed by atoms with van der Waals surface area (Å²) >= 11 is 0. The molecule has 1 nitrogen and oxygen atoms in total. The van der Waals surface area contributed by atoms with Gasteiger partial charge in [0.2, 0.25) is 0 Å². The third-order valence-electron chi connectivity index (χ3n) is 5.69. The maximum atomic E-state index is 12.7. The van der Waals surface area contributed by atoms with E-state index >= 15 is 0 Å². The first-order chi connectivity index (χ1) is 13.0. The van der Waals surface area contributed by atoms with E-state index in [0.29, 0.717) is 24.7 Å². The average molecular weight is 429 g/mol. The maximum absolute atomic E-state index is 12.7. The molecule has 1 aromatic rings. The molecule has 28 heavy (non-hydrogen) atoms. The van der Waals surface area contributed by atoms with Gasteiger partial charge in [0.15, 0.2) is 0 Å². The summed E-state index contributed by atoms with van der Waals surface area (Å²) in [7, 11) is -9.60. The van der Waals surface area contributed by atoms with Crippen LogP contribution in [0.1, 0.15) is 77.6 Å². The van der Waals surface area contributed by atoms with Gasteiger partial charge in [-0.1, -0.05) is 84.1 Å². The summed E-state index contributed by atoms with van der Waals surface area (Å²) in [6.07, 6.45) is 13.6. The van der Waals surface area contributed by atoms with Gasteiger partial charge >= 0.3 is 10.2 Å². The average Bonchev–Trinajstić information content (AvgIpc) is 2.62. The highest BCUT2D eigenvalue weighted by Gasteiger charge is 2.65. The third-order valence-corrected chi connectivity index (χ3v) is 6.85. The van der Waals surface area contributed by atoms with Gasteiger partial charge in [0.25, 0.3) is 0 Å². The zero-order valence-electron chi connectivity index (χ0n) is 16.7. The molecule has 0 radical (unpaired) electrons. The minimum absolute atomic E-state index is 0.208. The fourth-order valence-electron chi connectivity index (χ4n) is 3.91. The number of hydrogen-bond acceptors (Lipinski definition) is 1. The molecule has 0 amide bonds. The minimum atomic E-state index is -9.60. The van der Waals surface area contributed by atoms with Crippen molar-refractivity contribution in [2.24, 2.45) is 11.8 Å². The van der Waals surface area contributed by atoms with E-state index in [-0.39, 0.29) is 5.75 Å². The summed E-state index contributed by atoms with van der Waals surface area (Å²) in [6, 6.07) is 2.79. The Bertz CT molecular complexity index is 591. The van der Waals surface area contributed by atoms with Crippen molar-refractivity contribution in [1.29, 1.82) is 0 Å². The van der Waals surface area contributed by atoms with Gasteiger partial charge < -0.3 is 4.74 Å². The number of rotatable bonds is 11. The summed E-state index contributed by atoms with van der Waals surface area (Å²) in [5, 5.41) is 0. The highest BCUT2D eigenvalue weighted by Crippen LogP contribution is 3.02. The Morgan fingerprint density at radius 2 is 1.32 bits per heavy atom. The van der Waals surface area contributed by atoms with E-state index < -0.39 is 15.1 Å². The molecule has 2 rings (SSSR count). The highest BCUT2D eigenvalue weighted by molar-refractivity contribution is 8.45. The van der Waals surface area contributed by atoms with Gasteiger partial charge in [-0.3, -0.25) is 0 Å². The van der Waals surface area contributed by atoms with E-state index in [0.717, 1.165) is 30.9 Å². The molecule has 0 heterocycles. The Balaban J connectivity index is 1.66. The van der Waals surface area contributed by atoms with Crippen LogP contribution < -0.4 is 4.74 Å². The van der Waals surface area contributed by atoms with Crippen molar-refractivity contribution >= 4 is 10.2 Å². The molecule has 0 N–H and O–H groups in total. The molecule has 1 aliphatic carbocycles. The number of hydrogen-bond donors (Lipinski definition) is 0. The number of halogens is 5. The predicted molar refractivity (Wildman–Crippen MR) is 107 cm³/mol. The van der Waals surface area contributed by atoms with Gasteiger partial charge in [-0.05, 0) is 48.9 Å². The molecule has 0 unspecified atom stereocenters. The molecular weight excluding hydrogens is 395 g/mol. The van der Waals surface area contributed by atoms with Crippen LogP contribution in [0.3, 0.4) is 0 Å². The first-order valence-corrected chi connectivity index (χ1v) is 12.4. The molecule has 0 bridgehead atoms. The fraction of sp³-hybridized carbons (Fsp3) is 0.714. The molecule has 164 valence electrons. The van der Waals surface area contributed by atoms with Crippen molar-refractivity contribution < 1.29 is 24.2 Å². The fourth-order valence-corrected chi connectivity index (χ4v) is 4.56. The SMILES string of the molecule is CCCCCCCC[C@H]1CC[C@H](COc2ccc(S(F)(F)(F)(F)F)cc2)CC1. The molecule has 1 aliphatic rings. The second kappa shape index (κ2) is 8.80. The van der Waals surface area contributed by atoms with Crippen molar-refractivity contribution in [3.63, 3.8) is 0 Å². The second-order valence-corrected chi connectivity index (χ2v) is 10.6. The van der Waals surface area contributed by atoms with E-state index in [1.54, 1.807) is 0 Å². The van der Waals surface area contributed by atoms with Crippen molar-refractivity contribution in [2.45, 2.75) is 82.4 Å². The van der Waals surface area contributed by atoms with E-state index in [9.17, 15) is 19.4 Å². The van der Waals surface area contributed by atoms with Gasteiger partial charge in [0.1, 0.15) is 10.6 Å². The van der Waals surface area contributed by atoms with Crippen LogP contribution in [0, 0.1) is 11.8 Å². The lowest BCUT2D eigenvalue weighted by Crippen LogP contribution is -2.20. The maximum Gasteiger partial charge on any atom is 0.310 e. The minimum Gasteiger partial charge on any atom is -0.493 e. The normalized spacial score (nSPS) is 23.1. The van der Waals surface area contributed by atoms with E-state index in [1.807, 2.05) is 0 Å². The lowest BCUT2D eigenvalue weighted by atomic mass is 9.80. The predicted octanol–water partition coefficient (Wildman–Crippen LogP) is 9.28. The molecule has 1 fully saturated rings. The largest absolute Gasteiger partial charge is 0.493 e. The van der Waals surface area contributed by atoms with Crippen LogP contribution in [0.2, 0.25) is 0 Å². The summed E-state index contributed by atoms with van der Waals surface area (Å²) < 4.78 is 69.1. The quantitative estimate of drug-likeness (QED) is 0.252. The Morgan fingerprint density at radius 1 is 0.786 bits per heavy atom. The van der Waals surface area contributed by atoms with Crippen LogP contribution >= 0.6 is 10.2 Å². The first kappa shape index (κ1) is 23.3. The Hall–Kier alpha value is -0.980. The van der Waals surface area contributed by atoms with Crippen molar-refractivity contribution in [1.82, 2.24) is 0 Å². The van der Waals surface area contributed by atoms with Crippen molar-refractivity contribution in [3.05, 3.63) is 24.3 Å². The third kappa shape index (κ3) is 8.18. The Kier molecular flexibility index (Phi) is 7.32. The number of unbranched alkanes of at least 4 members (excludes halogenated alkanes) is 5. The summed E-state index contributed by atoms with van der Waals surface area (Å²) in [4.78, 5) is -1.87. The van der Waals surface area contributed by atoms with Crippen LogP contribution in [-0.2, 0) is 0 Å². The van der Waals surface area contributed by atoms with Gasteiger partial charge in [0.05, 0.1) is 6.61 Å². The second-order valence-electron chi connectivity index (χ2n) is 8.19. The van der Waals surface area contributed by atoms with Crippen molar-refractivity contribution in [3.8, 4) is 5.75 Å². The van der Waals surface area contributed by atoms with E-state index in [1.165, 1.54) is 57.8 Å². The molecule has 1 saturated carbocycles. The molecule has 0 aliphatic heterocycles. The van der Waals surface area contributed by atoms with Crippen LogP contribution in [0.15, 0.2) is 29.2 Å². The zero-order valence-corrected chi connectivity index (χ0v) is 17.5. The smallest absolute Gasteiger partial charge is 0.310 e. The Morgan fingerprint density at radius 3 is 1.89 bits per heavy atom. The molecule has 0 atom stereocenters. The van der Waals surface area contributed by atoms with Gasteiger partial charge in [0, 0.05) is 0 Å². The summed E-state index contributed by atoms with van der Waals surface area (Å²) in [5.74, 6) is 1.37. The molecule has 0 aromatic heterocycles. The monoisotopic (exact) mass is 428 g/mol. The molecule has 1 aromatic carbocycles. The lowest BCUT2D eigenvalue weighted by Gasteiger charge is -2.40. The van der Waals surface area contributed by atoms with E-state index in [2.05, 4.69) is 6.92 Å². The standard InChI is InChI=1S/C21H33F5OS/c1-2-3-4-5-6-7-8-18-9-11-19(12-10-18)17-27-20-13-15-21(16-14-20)28(22,23,24,25)26/h13-16,18-19H,2-12,17H2,1H3/t18-,19-. The van der Waals surface area contributed by atoms with Gasteiger partial charge in [-0.25, -0.2) is 0 Å². The zero-order chi connectivity index (χ0) is 20.7. The number of ether oxygens (including phenoxy) is 1. The van der Waals surface area contributed by atoms with Crippen LogP contribution in [-0.4, -0.2) is 6.61 Å². The van der Waals surface area contributed by atoms with E-state index in [4.69, 9.17) is 4.74 Å². The number of benzene rings is 1. The highest BCUT2D eigenvalue weighted by atomic mass is 32.5. The van der Waals surface area contributed by atoms with Crippen molar-refractivity contribution in [2.75, 3.05) is 6.61 Å². The lowest BCUT2D eigenvalue weighted by molar-refractivity contribution is 0.177. The first-order valence-electron chi connectivity index (χ1n) is 10.4. The van der Waals surface area contributed by atoms with Gasteiger partial charge in [-0.2, -0.15) is 0 Å². The molecule has 0 saturated heterocycles. The van der Waals surface area contributed by atoms with Crippen LogP contribution in [0.5, 0.6) is 5.75 Å². The van der Waals surface area contributed by atoms with Crippen LogP contribution in [0.25, 0.3) is 0 Å². The molecule has 7 heteroatoms. The Labute approximate surface area is 165 Å². The summed E-state index contributed by atoms with van der Waals surface area (Å²) in [6.45, 7) is 2.65. The topological polar surface area (TPSA) is 9.23 Å². The molecule has 0 spiro atoms. The van der Waals surface area contributed by atoms with Crippen LogP contribution in [0.4, 0.5) is 19.4 Å². The summed E-state index contributed by atoms with van der Waals surface area (Å²) in [5.41, 5.74) is 0.